The number of hydrogen-bond acceptors (Lipinski definition) is 5. The number of aromatic nitrogens is 2. The Hall–Kier alpha value is -4.37. The highest BCUT2D eigenvalue weighted by molar-refractivity contribution is 6.15. The van der Waals surface area contributed by atoms with Crippen LogP contribution in [0.5, 0.6) is 11.5 Å². The van der Waals surface area contributed by atoms with Gasteiger partial charge in [0, 0.05) is 30.2 Å². The van der Waals surface area contributed by atoms with Gasteiger partial charge in [0.05, 0.1) is 11.8 Å². The number of allylic oxidation sites excluding steroid dienone is 1. The average Bonchev–Trinajstić information content (AvgIpc) is 3.55. The summed E-state index contributed by atoms with van der Waals surface area (Å²) < 4.78 is 50.4. The number of rotatable bonds is 7. The largest absolute Gasteiger partial charge is 0.457 e. The number of carbonyl (C=O) groups excluding carboxylic acids is 1. The summed E-state index contributed by atoms with van der Waals surface area (Å²) in [6.45, 7) is 6.23. The standard InChI is InChI=1S/C33H31F3N4O2/c1-19(2)39-10-8-20(9-11-39)27-14-21-12-23(13-22(21)15-29(27)35)32(41)28-18-38-40(33(28)37)31-7-6-26(17-30(31)36)42-25-5-3-4-24(34)16-25/h3-7,13-20H,8-12,37H2,1-2H3. The lowest BCUT2D eigenvalue weighted by atomic mass is 9.87. The van der Waals surface area contributed by atoms with Crippen LogP contribution < -0.4 is 10.5 Å². The van der Waals surface area contributed by atoms with Gasteiger partial charge in [0.15, 0.2) is 11.6 Å². The van der Waals surface area contributed by atoms with Crippen LogP contribution in [0.2, 0.25) is 0 Å². The van der Waals surface area contributed by atoms with Gasteiger partial charge < -0.3 is 15.4 Å². The molecule has 42 heavy (non-hydrogen) atoms. The first-order chi connectivity index (χ1) is 20.2. The molecule has 2 aliphatic rings. The van der Waals surface area contributed by atoms with Crippen LogP contribution in [0.4, 0.5) is 19.0 Å². The van der Waals surface area contributed by atoms with E-state index < -0.39 is 11.6 Å². The van der Waals surface area contributed by atoms with E-state index in [1.54, 1.807) is 12.1 Å². The van der Waals surface area contributed by atoms with Gasteiger partial charge in [0.1, 0.15) is 34.6 Å². The SMILES string of the molecule is CC(C)N1CCC(c2cc3c(cc2F)C=C(C(=O)c2cnn(-c4ccc(Oc5cccc(F)c5)cc4F)c2N)C3)CC1. The van der Waals surface area contributed by atoms with Gasteiger partial charge in [0.2, 0.25) is 0 Å². The first kappa shape index (κ1) is 27.8. The Labute approximate surface area is 242 Å². The highest BCUT2D eigenvalue weighted by Gasteiger charge is 2.29. The molecule has 0 atom stereocenters. The summed E-state index contributed by atoms with van der Waals surface area (Å²) in [4.78, 5) is 15.9. The zero-order chi connectivity index (χ0) is 29.5. The van der Waals surface area contributed by atoms with Crippen molar-refractivity contribution in [2.24, 2.45) is 0 Å². The van der Waals surface area contributed by atoms with E-state index in [2.05, 4.69) is 23.8 Å². The molecule has 1 fully saturated rings. The Balaban J connectivity index is 1.18. The second kappa shape index (κ2) is 11.1. The lowest BCUT2D eigenvalue weighted by molar-refractivity contribution is 0.103. The molecule has 4 aromatic rings. The molecule has 1 aliphatic carbocycles. The van der Waals surface area contributed by atoms with E-state index in [4.69, 9.17) is 10.5 Å². The highest BCUT2D eigenvalue weighted by atomic mass is 19.1. The molecule has 9 heteroatoms. The van der Waals surface area contributed by atoms with Crippen molar-refractivity contribution in [3.05, 3.63) is 106 Å². The number of nitrogen functional groups attached to an aromatic ring is 1. The molecule has 0 amide bonds. The van der Waals surface area contributed by atoms with Gasteiger partial charge in [-0.1, -0.05) is 12.1 Å². The fourth-order valence-corrected chi connectivity index (χ4v) is 5.86. The molecule has 0 bridgehead atoms. The van der Waals surface area contributed by atoms with Crippen molar-refractivity contribution in [2.45, 2.75) is 45.1 Å². The third-order valence-corrected chi connectivity index (χ3v) is 8.19. The Morgan fingerprint density at radius 2 is 1.76 bits per heavy atom. The summed E-state index contributed by atoms with van der Waals surface area (Å²) in [5.41, 5.74) is 9.23. The van der Waals surface area contributed by atoms with E-state index in [0.717, 1.165) is 42.2 Å². The maximum Gasteiger partial charge on any atom is 0.194 e. The molecule has 216 valence electrons. The number of Topliss-reactive ketones (excluding diaryl/α,β-unsaturated/α-hetero) is 1. The van der Waals surface area contributed by atoms with Crippen LogP contribution in [0.15, 0.2) is 66.4 Å². The Bertz CT molecular complexity index is 1700. The molecule has 1 aromatic heterocycles. The van der Waals surface area contributed by atoms with Crippen LogP contribution in [-0.2, 0) is 6.42 Å². The molecule has 0 spiro atoms. The van der Waals surface area contributed by atoms with Crippen molar-refractivity contribution in [3.63, 3.8) is 0 Å². The Morgan fingerprint density at radius 3 is 2.48 bits per heavy atom. The predicted octanol–water partition coefficient (Wildman–Crippen LogP) is 7.07. The van der Waals surface area contributed by atoms with E-state index in [1.807, 2.05) is 6.07 Å². The summed E-state index contributed by atoms with van der Waals surface area (Å²) in [6, 6.07) is 13.5. The minimum absolute atomic E-state index is 0.0154. The summed E-state index contributed by atoms with van der Waals surface area (Å²) in [5.74, 6) is -1.22. The van der Waals surface area contributed by atoms with Gasteiger partial charge in [-0.05, 0) is 98.8 Å². The lowest BCUT2D eigenvalue weighted by Crippen LogP contribution is -2.38. The lowest BCUT2D eigenvalue weighted by Gasteiger charge is -2.35. The summed E-state index contributed by atoms with van der Waals surface area (Å²) in [7, 11) is 0. The molecule has 1 aliphatic heterocycles. The average molecular weight is 573 g/mol. The van der Waals surface area contributed by atoms with Gasteiger partial charge in [0.25, 0.3) is 0 Å². The Kier molecular flexibility index (Phi) is 7.36. The molecule has 0 unspecified atom stereocenters. The van der Waals surface area contributed by atoms with E-state index >= 15 is 8.78 Å². The molecule has 2 heterocycles. The number of likely N-dealkylation sites (tertiary alicyclic amines) is 1. The maximum absolute atomic E-state index is 15.2. The second-order valence-electron chi connectivity index (χ2n) is 11.2. The molecule has 0 saturated carbocycles. The summed E-state index contributed by atoms with van der Waals surface area (Å²) in [6.07, 6.45) is 5.17. The van der Waals surface area contributed by atoms with Crippen molar-refractivity contribution >= 4 is 17.7 Å². The zero-order valence-electron chi connectivity index (χ0n) is 23.4. The number of anilines is 1. The number of hydrogen-bond donors (Lipinski definition) is 1. The highest BCUT2D eigenvalue weighted by Crippen LogP contribution is 2.36. The molecule has 1 saturated heterocycles. The van der Waals surface area contributed by atoms with Crippen molar-refractivity contribution in [1.82, 2.24) is 14.7 Å². The van der Waals surface area contributed by atoms with Gasteiger partial charge in [-0.3, -0.25) is 4.79 Å². The molecule has 0 radical (unpaired) electrons. The maximum atomic E-state index is 15.2. The summed E-state index contributed by atoms with van der Waals surface area (Å²) >= 11 is 0. The molecular formula is C33H31F3N4O2. The first-order valence-electron chi connectivity index (χ1n) is 14.1. The normalized spacial score (nSPS) is 15.6. The fraction of sp³-hybridized carbons (Fsp3) is 0.273. The zero-order valence-corrected chi connectivity index (χ0v) is 23.4. The molecular weight excluding hydrogens is 541 g/mol. The molecule has 6 rings (SSSR count). The number of fused-ring (bicyclic) bond motifs is 1. The van der Waals surface area contributed by atoms with Crippen LogP contribution in [-0.4, -0.2) is 39.6 Å². The first-order valence-corrected chi connectivity index (χ1v) is 14.1. The van der Waals surface area contributed by atoms with Gasteiger partial charge in [-0.2, -0.15) is 5.10 Å². The number of carbonyl (C=O) groups is 1. The smallest absolute Gasteiger partial charge is 0.194 e. The van der Waals surface area contributed by atoms with Crippen LogP contribution in [0.1, 0.15) is 59.7 Å². The van der Waals surface area contributed by atoms with Crippen molar-refractivity contribution in [3.8, 4) is 17.2 Å². The third kappa shape index (κ3) is 5.32. The number of nitrogens with zero attached hydrogens (tertiary/aromatic N) is 3. The number of nitrogens with two attached hydrogens (primary N) is 1. The van der Waals surface area contributed by atoms with E-state index in [9.17, 15) is 9.18 Å². The van der Waals surface area contributed by atoms with Crippen LogP contribution in [0.25, 0.3) is 11.8 Å². The number of benzene rings is 3. The van der Waals surface area contributed by atoms with Gasteiger partial charge >= 0.3 is 0 Å². The van der Waals surface area contributed by atoms with Crippen molar-refractivity contribution in [1.29, 1.82) is 0 Å². The topological polar surface area (TPSA) is 73.4 Å². The van der Waals surface area contributed by atoms with E-state index in [0.29, 0.717) is 29.2 Å². The fourth-order valence-electron chi connectivity index (χ4n) is 5.86. The minimum atomic E-state index is -0.688. The summed E-state index contributed by atoms with van der Waals surface area (Å²) in [5, 5.41) is 4.17. The minimum Gasteiger partial charge on any atom is -0.457 e. The third-order valence-electron chi connectivity index (χ3n) is 8.19. The molecule has 2 N–H and O–H groups in total. The van der Waals surface area contributed by atoms with E-state index in [-0.39, 0.29) is 46.1 Å². The van der Waals surface area contributed by atoms with Crippen molar-refractivity contribution in [2.75, 3.05) is 18.8 Å². The van der Waals surface area contributed by atoms with Crippen molar-refractivity contribution < 1.29 is 22.7 Å². The second-order valence-corrected chi connectivity index (χ2v) is 11.2. The van der Waals surface area contributed by atoms with E-state index in [1.165, 1.54) is 42.6 Å². The predicted molar refractivity (Wildman–Crippen MR) is 156 cm³/mol. The molecule has 6 nitrogen and oxygen atoms in total. The molecule has 3 aromatic carbocycles. The Morgan fingerprint density at radius 1 is 1.00 bits per heavy atom. The number of ketones is 1. The number of halogens is 3. The quantitative estimate of drug-likeness (QED) is 0.240. The van der Waals surface area contributed by atoms with Crippen LogP contribution in [0, 0.1) is 17.5 Å². The number of ether oxygens (including phenoxy) is 1. The van der Waals surface area contributed by atoms with Crippen LogP contribution in [0.3, 0.4) is 0 Å². The van der Waals surface area contributed by atoms with Crippen LogP contribution >= 0.6 is 0 Å². The number of piperidine rings is 1. The monoisotopic (exact) mass is 572 g/mol. The van der Waals surface area contributed by atoms with Gasteiger partial charge in [-0.25, -0.2) is 17.9 Å². The van der Waals surface area contributed by atoms with Gasteiger partial charge in [-0.15, -0.1) is 0 Å².